The van der Waals surface area contributed by atoms with E-state index in [1.54, 1.807) is 24.4 Å². The smallest absolute Gasteiger partial charge is 0.226 e. The predicted molar refractivity (Wildman–Crippen MR) is 123 cm³/mol. The number of aromatic nitrogens is 3. The van der Waals surface area contributed by atoms with Crippen LogP contribution in [0.5, 0.6) is 0 Å². The first-order valence-corrected chi connectivity index (χ1v) is 10.7. The zero-order valence-corrected chi connectivity index (χ0v) is 18.1. The molecule has 0 saturated carbocycles. The molecule has 3 heterocycles. The van der Waals surface area contributed by atoms with Crippen molar-refractivity contribution in [2.24, 2.45) is 0 Å². The third kappa shape index (κ3) is 5.97. The number of benzene rings is 1. The Morgan fingerprint density at radius 1 is 1.16 bits per heavy atom. The quantitative estimate of drug-likeness (QED) is 0.503. The molecule has 8 nitrogen and oxygen atoms in total. The average Bonchev–Trinajstić information content (AvgIpc) is 2.80. The van der Waals surface area contributed by atoms with E-state index in [1.165, 1.54) is 24.4 Å². The summed E-state index contributed by atoms with van der Waals surface area (Å²) in [6.45, 7) is 4.52. The zero-order chi connectivity index (χ0) is 22.3. The number of carbonyl (C=O) groups excluding carboxylic acids is 1. The van der Waals surface area contributed by atoms with Crippen molar-refractivity contribution in [2.75, 3.05) is 43.4 Å². The van der Waals surface area contributed by atoms with Crippen molar-refractivity contribution in [3.63, 3.8) is 0 Å². The standard InChI is InChI=1S/C22H23ClFN7O/c23-15-1-2-19(24)18(11-15)20-12-17(14-27-30-20)28-16-3-5-26-21(13-16)29-22(32)4-8-31-9-6-25-7-10-31/h1-3,5,11-14,25H,4,6-10H2,(H2,26,28,29,30,32). The summed E-state index contributed by atoms with van der Waals surface area (Å²) >= 11 is 5.98. The van der Waals surface area contributed by atoms with Gasteiger partial charge in [-0.25, -0.2) is 9.37 Å². The molecular formula is C22H23ClFN7O. The van der Waals surface area contributed by atoms with Crippen molar-refractivity contribution in [3.05, 3.63) is 59.6 Å². The van der Waals surface area contributed by atoms with Gasteiger partial charge in [-0.15, -0.1) is 0 Å². The molecule has 1 aliphatic rings. The lowest BCUT2D eigenvalue weighted by molar-refractivity contribution is -0.116. The molecule has 0 unspecified atom stereocenters. The van der Waals surface area contributed by atoms with E-state index in [2.05, 4.69) is 36.0 Å². The van der Waals surface area contributed by atoms with Gasteiger partial charge < -0.3 is 20.9 Å². The van der Waals surface area contributed by atoms with Crippen LogP contribution in [0.3, 0.4) is 0 Å². The van der Waals surface area contributed by atoms with Gasteiger partial charge in [0, 0.05) is 67.7 Å². The fourth-order valence-corrected chi connectivity index (χ4v) is 3.58. The molecule has 1 aliphatic heterocycles. The van der Waals surface area contributed by atoms with Gasteiger partial charge in [0.25, 0.3) is 0 Å². The summed E-state index contributed by atoms with van der Waals surface area (Å²) in [6.07, 6.45) is 3.53. The normalized spacial score (nSPS) is 14.2. The second kappa shape index (κ2) is 10.4. The van der Waals surface area contributed by atoms with E-state index in [0.717, 1.165) is 32.7 Å². The number of nitrogens with zero attached hydrogens (tertiary/aromatic N) is 4. The second-order valence-electron chi connectivity index (χ2n) is 7.40. The van der Waals surface area contributed by atoms with Crippen LogP contribution in [0.2, 0.25) is 5.02 Å². The van der Waals surface area contributed by atoms with Crippen LogP contribution >= 0.6 is 11.6 Å². The van der Waals surface area contributed by atoms with Crippen molar-refractivity contribution in [1.82, 2.24) is 25.4 Å². The molecule has 2 aromatic heterocycles. The Labute approximate surface area is 190 Å². The van der Waals surface area contributed by atoms with Crippen LogP contribution in [0.15, 0.2) is 48.8 Å². The van der Waals surface area contributed by atoms with Crippen LogP contribution in [0.4, 0.5) is 21.6 Å². The molecule has 0 aliphatic carbocycles. The number of hydrogen-bond acceptors (Lipinski definition) is 7. The van der Waals surface area contributed by atoms with Crippen molar-refractivity contribution in [3.8, 4) is 11.3 Å². The molecule has 1 saturated heterocycles. The lowest BCUT2D eigenvalue weighted by atomic mass is 10.1. The van der Waals surface area contributed by atoms with Gasteiger partial charge in [-0.05, 0) is 30.3 Å². The molecule has 0 bridgehead atoms. The molecule has 0 spiro atoms. The highest BCUT2D eigenvalue weighted by Crippen LogP contribution is 2.27. The van der Waals surface area contributed by atoms with Gasteiger partial charge >= 0.3 is 0 Å². The van der Waals surface area contributed by atoms with Gasteiger partial charge in [0.15, 0.2) is 0 Å². The lowest BCUT2D eigenvalue weighted by Crippen LogP contribution is -2.44. The molecular weight excluding hydrogens is 433 g/mol. The van der Waals surface area contributed by atoms with E-state index in [9.17, 15) is 9.18 Å². The van der Waals surface area contributed by atoms with E-state index in [1.807, 2.05) is 0 Å². The number of pyridine rings is 1. The highest BCUT2D eigenvalue weighted by molar-refractivity contribution is 6.30. The molecule has 3 N–H and O–H groups in total. The minimum atomic E-state index is -0.435. The molecule has 10 heteroatoms. The van der Waals surface area contributed by atoms with Crippen LogP contribution in [0, 0.1) is 5.82 Å². The number of amides is 1. The van der Waals surface area contributed by atoms with Gasteiger partial charge in [0.1, 0.15) is 11.6 Å². The SMILES string of the molecule is O=C(CCN1CCNCC1)Nc1cc(Nc2cnnc(-c3cc(Cl)ccc3F)c2)ccn1. The zero-order valence-electron chi connectivity index (χ0n) is 17.3. The fourth-order valence-electron chi connectivity index (χ4n) is 3.40. The molecule has 1 fully saturated rings. The van der Waals surface area contributed by atoms with Crippen LogP contribution in [-0.4, -0.2) is 58.7 Å². The summed E-state index contributed by atoms with van der Waals surface area (Å²) in [5.74, 6) is -0.0727. The van der Waals surface area contributed by atoms with Gasteiger partial charge in [0.05, 0.1) is 17.6 Å². The highest BCUT2D eigenvalue weighted by atomic mass is 35.5. The van der Waals surface area contributed by atoms with E-state index in [4.69, 9.17) is 11.6 Å². The van der Waals surface area contributed by atoms with Crippen molar-refractivity contribution < 1.29 is 9.18 Å². The summed E-state index contributed by atoms with van der Waals surface area (Å²) < 4.78 is 14.2. The Bertz CT molecular complexity index is 1090. The van der Waals surface area contributed by atoms with Gasteiger partial charge in [-0.2, -0.15) is 10.2 Å². The minimum absolute atomic E-state index is 0.0857. The van der Waals surface area contributed by atoms with Gasteiger partial charge in [0.2, 0.25) is 5.91 Å². The number of piperazine rings is 1. The number of hydrogen-bond donors (Lipinski definition) is 3. The van der Waals surface area contributed by atoms with E-state index in [0.29, 0.717) is 34.3 Å². The van der Waals surface area contributed by atoms with E-state index in [-0.39, 0.29) is 11.5 Å². The first kappa shape index (κ1) is 22.1. The Morgan fingerprint density at radius 2 is 2.00 bits per heavy atom. The second-order valence-corrected chi connectivity index (χ2v) is 7.83. The summed E-state index contributed by atoms with van der Waals surface area (Å²) in [6, 6.07) is 9.43. The van der Waals surface area contributed by atoms with Crippen molar-refractivity contribution >= 4 is 34.7 Å². The largest absolute Gasteiger partial charge is 0.354 e. The number of anilines is 3. The number of carbonyl (C=O) groups is 1. The average molecular weight is 456 g/mol. The number of rotatable bonds is 7. The lowest BCUT2D eigenvalue weighted by Gasteiger charge is -2.26. The first-order chi connectivity index (χ1) is 15.6. The van der Waals surface area contributed by atoms with E-state index >= 15 is 0 Å². The van der Waals surface area contributed by atoms with Crippen molar-refractivity contribution in [1.29, 1.82) is 0 Å². The van der Waals surface area contributed by atoms with Crippen LogP contribution < -0.4 is 16.0 Å². The molecule has 0 radical (unpaired) electrons. The first-order valence-electron chi connectivity index (χ1n) is 10.3. The monoisotopic (exact) mass is 455 g/mol. The van der Waals surface area contributed by atoms with E-state index < -0.39 is 5.82 Å². The Kier molecular flexibility index (Phi) is 7.21. The molecule has 1 amide bonds. The summed E-state index contributed by atoms with van der Waals surface area (Å²) in [4.78, 5) is 18.8. The van der Waals surface area contributed by atoms with Crippen LogP contribution in [0.25, 0.3) is 11.3 Å². The minimum Gasteiger partial charge on any atom is -0.354 e. The third-order valence-electron chi connectivity index (χ3n) is 5.04. The third-order valence-corrected chi connectivity index (χ3v) is 5.27. The molecule has 4 rings (SSSR count). The van der Waals surface area contributed by atoms with Crippen LogP contribution in [0.1, 0.15) is 6.42 Å². The molecule has 166 valence electrons. The summed E-state index contributed by atoms with van der Waals surface area (Å²) in [5, 5.41) is 17.7. The Hall–Kier alpha value is -3.14. The van der Waals surface area contributed by atoms with Gasteiger partial charge in [-0.1, -0.05) is 11.6 Å². The maximum Gasteiger partial charge on any atom is 0.226 e. The molecule has 32 heavy (non-hydrogen) atoms. The van der Waals surface area contributed by atoms with Gasteiger partial charge in [-0.3, -0.25) is 4.79 Å². The Morgan fingerprint density at radius 3 is 2.84 bits per heavy atom. The maximum atomic E-state index is 14.2. The summed E-state index contributed by atoms with van der Waals surface area (Å²) in [5.41, 5.74) is 1.92. The molecule has 0 atom stereocenters. The van der Waals surface area contributed by atoms with Crippen LogP contribution in [-0.2, 0) is 4.79 Å². The fraction of sp³-hybridized carbons (Fsp3) is 0.273. The predicted octanol–water partition coefficient (Wildman–Crippen LogP) is 3.31. The van der Waals surface area contributed by atoms with Crippen molar-refractivity contribution in [2.45, 2.75) is 6.42 Å². The number of halogens is 2. The topological polar surface area (TPSA) is 95.1 Å². The maximum absolute atomic E-state index is 14.2. The number of nitrogens with one attached hydrogen (secondary N) is 3. The molecule has 1 aromatic carbocycles. The molecule has 3 aromatic rings. The summed E-state index contributed by atoms with van der Waals surface area (Å²) in [7, 11) is 0. The Balaban J connectivity index is 1.39. The highest BCUT2D eigenvalue weighted by Gasteiger charge is 2.12.